The van der Waals surface area contributed by atoms with Crippen molar-refractivity contribution in [3.05, 3.63) is 11.6 Å². The minimum atomic E-state index is 0.587. The minimum absolute atomic E-state index is 0.587. The van der Waals surface area contributed by atoms with Gasteiger partial charge in [-0.1, -0.05) is 6.08 Å². The SMILES string of the molecule is C[C@H]1C=C(CN)CN1C. The first-order chi connectivity index (χ1) is 4.24. The van der Waals surface area contributed by atoms with Crippen LogP contribution in [0.4, 0.5) is 0 Å². The fourth-order valence-corrected chi connectivity index (χ4v) is 1.12. The number of nitrogens with two attached hydrogens (primary N) is 1. The summed E-state index contributed by atoms with van der Waals surface area (Å²) in [7, 11) is 2.11. The molecule has 1 rings (SSSR count). The van der Waals surface area contributed by atoms with Gasteiger partial charge in [-0.15, -0.1) is 0 Å². The van der Waals surface area contributed by atoms with Crippen LogP contribution in [0.3, 0.4) is 0 Å². The van der Waals surface area contributed by atoms with Gasteiger partial charge in [0, 0.05) is 19.1 Å². The highest BCUT2D eigenvalue weighted by molar-refractivity contribution is 5.15. The molecule has 1 aliphatic rings. The molecule has 0 radical (unpaired) electrons. The molecule has 2 nitrogen and oxygen atoms in total. The Bertz CT molecular complexity index is 129. The van der Waals surface area contributed by atoms with E-state index in [1.165, 1.54) is 5.57 Å². The summed E-state index contributed by atoms with van der Waals surface area (Å²) in [5.41, 5.74) is 6.83. The van der Waals surface area contributed by atoms with E-state index in [-0.39, 0.29) is 0 Å². The van der Waals surface area contributed by atoms with Crippen molar-refractivity contribution in [3.8, 4) is 0 Å². The Morgan fingerprint density at radius 2 is 2.56 bits per heavy atom. The Balaban J connectivity index is 2.52. The molecule has 0 aromatic rings. The molecule has 0 aromatic heterocycles. The minimum Gasteiger partial charge on any atom is -0.327 e. The molecule has 0 saturated carbocycles. The maximum Gasteiger partial charge on any atom is 0.0253 e. The van der Waals surface area contributed by atoms with E-state index in [1.807, 2.05) is 0 Å². The van der Waals surface area contributed by atoms with Gasteiger partial charge in [0.15, 0.2) is 0 Å². The smallest absolute Gasteiger partial charge is 0.0253 e. The van der Waals surface area contributed by atoms with E-state index in [0.29, 0.717) is 12.6 Å². The topological polar surface area (TPSA) is 29.3 Å². The summed E-state index contributed by atoms with van der Waals surface area (Å²) in [6, 6.07) is 0.587. The fourth-order valence-electron chi connectivity index (χ4n) is 1.12. The standard InChI is InChI=1S/C7H14N2/c1-6-3-7(4-8)5-9(6)2/h3,6H,4-5,8H2,1-2H3/t6-/m0/s1. The predicted octanol–water partition coefficient (Wildman–Crippen LogP) is 0.205. The van der Waals surface area contributed by atoms with Crippen LogP contribution < -0.4 is 5.73 Å². The number of nitrogens with zero attached hydrogens (tertiary/aromatic N) is 1. The average Bonchev–Trinajstić information content (AvgIpc) is 2.13. The third-order valence-corrected chi connectivity index (χ3v) is 1.89. The molecule has 9 heavy (non-hydrogen) atoms. The molecule has 52 valence electrons. The van der Waals surface area contributed by atoms with Crippen LogP contribution in [-0.4, -0.2) is 31.1 Å². The molecule has 0 aliphatic carbocycles. The van der Waals surface area contributed by atoms with Gasteiger partial charge in [-0.25, -0.2) is 0 Å². The van der Waals surface area contributed by atoms with Gasteiger partial charge in [-0.2, -0.15) is 0 Å². The highest BCUT2D eigenvalue weighted by Crippen LogP contribution is 2.11. The van der Waals surface area contributed by atoms with E-state index >= 15 is 0 Å². The second-order valence-electron chi connectivity index (χ2n) is 2.68. The largest absolute Gasteiger partial charge is 0.327 e. The van der Waals surface area contributed by atoms with Crippen molar-refractivity contribution in [1.82, 2.24) is 4.90 Å². The number of rotatable bonds is 1. The van der Waals surface area contributed by atoms with Crippen molar-refractivity contribution in [2.24, 2.45) is 5.73 Å². The lowest BCUT2D eigenvalue weighted by molar-refractivity contribution is 0.348. The lowest BCUT2D eigenvalue weighted by Gasteiger charge is -2.13. The second kappa shape index (κ2) is 2.50. The van der Waals surface area contributed by atoms with E-state index in [0.717, 1.165) is 6.54 Å². The van der Waals surface area contributed by atoms with Crippen LogP contribution >= 0.6 is 0 Å². The van der Waals surface area contributed by atoms with Crippen molar-refractivity contribution in [1.29, 1.82) is 0 Å². The predicted molar refractivity (Wildman–Crippen MR) is 39.2 cm³/mol. The van der Waals surface area contributed by atoms with Crippen molar-refractivity contribution in [2.45, 2.75) is 13.0 Å². The van der Waals surface area contributed by atoms with Gasteiger partial charge in [0.25, 0.3) is 0 Å². The lowest BCUT2D eigenvalue weighted by Crippen LogP contribution is -2.23. The van der Waals surface area contributed by atoms with E-state index in [2.05, 4.69) is 24.9 Å². The monoisotopic (exact) mass is 126 g/mol. The Labute approximate surface area is 56.3 Å². The summed E-state index contributed by atoms with van der Waals surface area (Å²) in [4.78, 5) is 2.28. The lowest BCUT2D eigenvalue weighted by atomic mass is 10.2. The quantitative estimate of drug-likeness (QED) is 0.509. The molecule has 1 aliphatic heterocycles. The molecule has 1 atom stereocenters. The van der Waals surface area contributed by atoms with E-state index in [1.54, 1.807) is 0 Å². The summed E-state index contributed by atoms with van der Waals surface area (Å²) < 4.78 is 0. The summed E-state index contributed by atoms with van der Waals surface area (Å²) >= 11 is 0. The summed E-state index contributed by atoms with van der Waals surface area (Å²) in [5.74, 6) is 0. The van der Waals surface area contributed by atoms with E-state index in [4.69, 9.17) is 5.73 Å². The molecule has 0 saturated heterocycles. The Morgan fingerprint density at radius 1 is 1.89 bits per heavy atom. The van der Waals surface area contributed by atoms with Crippen molar-refractivity contribution in [2.75, 3.05) is 20.1 Å². The normalized spacial score (nSPS) is 28.8. The van der Waals surface area contributed by atoms with Crippen molar-refractivity contribution in [3.63, 3.8) is 0 Å². The van der Waals surface area contributed by atoms with Crippen LogP contribution in [0.1, 0.15) is 6.92 Å². The van der Waals surface area contributed by atoms with Crippen LogP contribution in [0.15, 0.2) is 11.6 Å². The maximum atomic E-state index is 5.46. The molecule has 0 fully saturated rings. The molecule has 0 aromatic carbocycles. The zero-order valence-corrected chi connectivity index (χ0v) is 6.09. The third kappa shape index (κ3) is 1.32. The molecule has 0 unspecified atom stereocenters. The zero-order chi connectivity index (χ0) is 6.85. The number of likely N-dealkylation sites (N-methyl/N-ethyl adjacent to an activating group) is 1. The van der Waals surface area contributed by atoms with Crippen LogP contribution in [0, 0.1) is 0 Å². The fraction of sp³-hybridized carbons (Fsp3) is 0.714. The van der Waals surface area contributed by atoms with Gasteiger partial charge in [0.1, 0.15) is 0 Å². The molecule has 0 spiro atoms. The molecular weight excluding hydrogens is 112 g/mol. The van der Waals surface area contributed by atoms with Crippen LogP contribution in [0.2, 0.25) is 0 Å². The zero-order valence-electron chi connectivity index (χ0n) is 6.09. The van der Waals surface area contributed by atoms with Gasteiger partial charge in [-0.3, -0.25) is 4.90 Å². The van der Waals surface area contributed by atoms with Gasteiger partial charge < -0.3 is 5.73 Å². The third-order valence-electron chi connectivity index (χ3n) is 1.89. The first-order valence-electron chi connectivity index (χ1n) is 3.34. The van der Waals surface area contributed by atoms with Gasteiger partial charge >= 0.3 is 0 Å². The summed E-state index contributed by atoms with van der Waals surface area (Å²) in [6.07, 6.45) is 2.24. The van der Waals surface area contributed by atoms with Crippen molar-refractivity contribution >= 4 is 0 Å². The van der Waals surface area contributed by atoms with Crippen LogP contribution in [0.5, 0.6) is 0 Å². The molecule has 0 amide bonds. The maximum absolute atomic E-state index is 5.46. The molecule has 2 N–H and O–H groups in total. The summed E-state index contributed by atoms with van der Waals surface area (Å²) in [5, 5.41) is 0. The first-order valence-corrected chi connectivity index (χ1v) is 3.34. The molecule has 0 bridgehead atoms. The highest BCUT2D eigenvalue weighted by Gasteiger charge is 2.14. The van der Waals surface area contributed by atoms with Crippen LogP contribution in [0.25, 0.3) is 0 Å². The van der Waals surface area contributed by atoms with Gasteiger partial charge in [0.2, 0.25) is 0 Å². The highest BCUT2D eigenvalue weighted by atomic mass is 15.1. The molecule has 2 heteroatoms. The first kappa shape index (κ1) is 6.78. The van der Waals surface area contributed by atoms with Crippen molar-refractivity contribution < 1.29 is 0 Å². The number of hydrogen-bond acceptors (Lipinski definition) is 2. The van der Waals surface area contributed by atoms with Crippen LogP contribution in [-0.2, 0) is 0 Å². The van der Waals surface area contributed by atoms with E-state index in [9.17, 15) is 0 Å². The second-order valence-corrected chi connectivity index (χ2v) is 2.68. The average molecular weight is 126 g/mol. The molecular formula is C7H14N2. The number of hydrogen-bond donors (Lipinski definition) is 1. The Kier molecular flexibility index (Phi) is 1.88. The van der Waals surface area contributed by atoms with E-state index < -0.39 is 0 Å². The molecule has 1 heterocycles. The Hall–Kier alpha value is -0.340. The van der Waals surface area contributed by atoms with Gasteiger partial charge in [0.05, 0.1) is 0 Å². The summed E-state index contributed by atoms with van der Waals surface area (Å²) in [6.45, 7) is 3.95. The van der Waals surface area contributed by atoms with Gasteiger partial charge in [-0.05, 0) is 19.5 Å². The Morgan fingerprint density at radius 3 is 2.78 bits per heavy atom.